The highest BCUT2D eigenvalue weighted by molar-refractivity contribution is 9.10. The fourth-order valence-corrected chi connectivity index (χ4v) is 8.98. The summed E-state index contributed by atoms with van der Waals surface area (Å²) in [5.74, 6) is -1.97. The number of fused-ring (bicyclic) bond motifs is 1. The number of esters is 1. The SMILES string of the molecule is COC(=O)[C@@H](C)Cc1cccc(C(C)(CCCC(C)(C)[N+](=O)[O-])c2nc(-c3cc(Oc4c(F)cc5c(ccn5S(=O)(=O)c5ccc(C)cc5)c4Br)ccc3F)n(C)n2)c1. The van der Waals surface area contributed by atoms with Gasteiger partial charge in [-0.15, -0.1) is 0 Å². The van der Waals surface area contributed by atoms with Gasteiger partial charge in [-0.05, 0) is 96.6 Å². The monoisotopic (exact) mass is 891 g/mol. The molecule has 2 atom stereocenters. The molecule has 2 aromatic heterocycles. The van der Waals surface area contributed by atoms with Crippen LogP contribution in [0.4, 0.5) is 8.78 Å². The van der Waals surface area contributed by atoms with Crippen molar-refractivity contribution < 1.29 is 36.4 Å². The average Bonchev–Trinajstić information content (AvgIpc) is 3.81. The van der Waals surface area contributed by atoms with Gasteiger partial charge < -0.3 is 9.47 Å². The van der Waals surface area contributed by atoms with E-state index in [2.05, 4.69) is 15.9 Å². The maximum Gasteiger partial charge on any atom is 0.308 e. The van der Waals surface area contributed by atoms with Crippen LogP contribution in [-0.4, -0.2) is 50.7 Å². The smallest absolute Gasteiger partial charge is 0.308 e. The van der Waals surface area contributed by atoms with E-state index < -0.39 is 38.5 Å². The number of methoxy groups -OCH3 is 1. The topological polar surface area (TPSA) is 148 Å². The molecule has 0 aliphatic heterocycles. The van der Waals surface area contributed by atoms with Gasteiger partial charge in [-0.2, -0.15) is 5.10 Å². The number of hydrogen-bond donors (Lipinski definition) is 0. The van der Waals surface area contributed by atoms with Crippen molar-refractivity contribution in [3.63, 3.8) is 0 Å². The first-order valence-corrected chi connectivity index (χ1v) is 21.0. The Bertz CT molecular complexity index is 2680. The highest BCUT2D eigenvalue weighted by Crippen LogP contribution is 2.42. The summed E-state index contributed by atoms with van der Waals surface area (Å²) < 4.78 is 72.2. The summed E-state index contributed by atoms with van der Waals surface area (Å²) in [6.07, 6.45) is 2.86. The number of aryl methyl sites for hydroxylation is 2. The Kier molecular flexibility index (Phi) is 12.2. The second-order valence-corrected chi connectivity index (χ2v) is 18.2. The Morgan fingerprint density at radius 2 is 1.71 bits per heavy atom. The van der Waals surface area contributed by atoms with E-state index in [0.717, 1.165) is 26.7 Å². The van der Waals surface area contributed by atoms with Gasteiger partial charge >= 0.3 is 5.97 Å². The molecule has 0 N–H and O–H groups in total. The Labute approximate surface area is 349 Å². The van der Waals surface area contributed by atoms with Gasteiger partial charge in [-0.1, -0.05) is 48.9 Å². The number of hydrogen-bond acceptors (Lipinski definition) is 9. The molecule has 0 radical (unpaired) electrons. The lowest BCUT2D eigenvalue weighted by Crippen LogP contribution is -2.32. The van der Waals surface area contributed by atoms with E-state index in [-0.39, 0.29) is 55.1 Å². The summed E-state index contributed by atoms with van der Waals surface area (Å²) in [6.45, 7) is 8.69. The number of halogens is 3. The Hall–Kier alpha value is -5.48. The normalized spacial score (nSPS) is 13.6. The van der Waals surface area contributed by atoms with Crippen LogP contribution in [0.3, 0.4) is 0 Å². The van der Waals surface area contributed by atoms with E-state index in [1.807, 2.05) is 38.1 Å². The molecular weight excluding hydrogens is 848 g/mol. The first-order chi connectivity index (χ1) is 27.8. The number of aromatic nitrogens is 4. The predicted molar refractivity (Wildman–Crippen MR) is 223 cm³/mol. The van der Waals surface area contributed by atoms with Crippen molar-refractivity contribution in [2.75, 3.05) is 7.11 Å². The van der Waals surface area contributed by atoms with Gasteiger partial charge in [0.1, 0.15) is 11.6 Å². The minimum atomic E-state index is -4.06. The molecule has 2 heterocycles. The van der Waals surface area contributed by atoms with E-state index in [9.17, 15) is 23.3 Å². The van der Waals surface area contributed by atoms with Crippen molar-refractivity contribution in [1.82, 2.24) is 18.7 Å². The molecule has 16 heteroatoms. The zero-order valence-corrected chi connectivity index (χ0v) is 36.0. The number of nitro groups is 1. The van der Waals surface area contributed by atoms with E-state index in [1.165, 1.54) is 54.4 Å². The Balaban J connectivity index is 1.35. The van der Waals surface area contributed by atoms with Crippen LogP contribution in [0.2, 0.25) is 0 Å². The van der Waals surface area contributed by atoms with Crippen LogP contribution < -0.4 is 4.74 Å². The molecule has 0 saturated heterocycles. The number of rotatable bonds is 15. The average molecular weight is 893 g/mol. The van der Waals surface area contributed by atoms with Gasteiger partial charge in [0.05, 0.1) is 38.9 Å². The van der Waals surface area contributed by atoms with Crippen LogP contribution in [0.5, 0.6) is 11.5 Å². The highest BCUT2D eigenvalue weighted by Gasteiger charge is 2.37. The number of ether oxygens (including phenoxy) is 2. The van der Waals surface area contributed by atoms with Crippen LogP contribution in [0.1, 0.15) is 69.5 Å². The number of carbonyl (C=O) groups is 1. The van der Waals surface area contributed by atoms with Gasteiger partial charge in [-0.3, -0.25) is 14.9 Å². The van der Waals surface area contributed by atoms with E-state index in [0.29, 0.717) is 30.5 Å². The molecule has 6 rings (SSSR count). The van der Waals surface area contributed by atoms with Gasteiger partial charge in [0, 0.05) is 49.9 Å². The lowest BCUT2D eigenvalue weighted by Gasteiger charge is -2.29. The first kappa shape index (κ1) is 43.1. The third-order valence-electron chi connectivity index (χ3n) is 10.7. The molecule has 0 spiro atoms. The molecule has 12 nitrogen and oxygen atoms in total. The van der Waals surface area contributed by atoms with E-state index >= 15 is 8.78 Å². The molecule has 0 aliphatic carbocycles. The second kappa shape index (κ2) is 16.6. The van der Waals surface area contributed by atoms with E-state index in [1.54, 1.807) is 40.0 Å². The maximum absolute atomic E-state index is 15.9. The van der Waals surface area contributed by atoms with Crippen LogP contribution >= 0.6 is 15.9 Å². The van der Waals surface area contributed by atoms with Gasteiger partial charge in [-0.25, -0.2) is 30.8 Å². The fourth-order valence-electron chi connectivity index (χ4n) is 7.03. The summed E-state index contributed by atoms with van der Waals surface area (Å²) in [5.41, 5.74) is 0.562. The maximum atomic E-state index is 15.9. The van der Waals surface area contributed by atoms with E-state index in [4.69, 9.17) is 19.6 Å². The van der Waals surface area contributed by atoms with Crippen LogP contribution in [0.25, 0.3) is 22.3 Å². The van der Waals surface area contributed by atoms with Crippen LogP contribution in [0, 0.1) is 34.6 Å². The van der Waals surface area contributed by atoms with Crippen molar-refractivity contribution >= 4 is 42.8 Å². The largest absolute Gasteiger partial charge is 0.469 e. The molecule has 310 valence electrons. The van der Waals surface area contributed by atoms with Gasteiger partial charge in [0.2, 0.25) is 5.54 Å². The van der Waals surface area contributed by atoms with Gasteiger partial charge in [0.25, 0.3) is 10.0 Å². The van der Waals surface area contributed by atoms with Crippen molar-refractivity contribution in [2.24, 2.45) is 13.0 Å². The number of nitrogens with zero attached hydrogens (tertiary/aromatic N) is 5. The summed E-state index contributed by atoms with van der Waals surface area (Å²) in [6, 6.07) is 20.4. The molecule has 0 bridgehead atoms. The molecule has 0 fully saturated rings. The number of benzene rings is 4. The molecule has 1 unspecified atom stereocenters. The Morgan fingerprint density at radius 3 is 2.39 bits per heavy atom. The highest BCUT2D eigenvalue weighted by atomic mass is 79.9. The first-order valence-electron chi connectivity index (χ1n) is 18.8. The summed E-state index contributed by atoms with van der Waals surface area (Å²) in [5, 5.41) is 16.9. The third kappa shape index (κ3) is 8.65. The second-order valence-electron chi connectivity index (χ2n) is 15.6. The van der Waals surface area contributed by atoms with Crippen LogP contribution in [-0.2, 0) is 38.4 Å². The minimum absolute atomic E-state index is 0.00851. The van der Waals surface area contributed by atoms with Crippen molar-refractivity contribution in [1.29, 1.82) is 0 Å². The fraction of sp³-hybridized carbons (Fsp3) is 0.326. The Morgan fingerprint density at radius 1 is 1.00 bits per heavy atom. The van der Waals surface area contributed by atoms with Gasteiger partial charge in [0.15, 0.2) is 23.2 Å². The molecule has 4 aromatic carbocycles. The molecule has 0 amide bonds. The quantitative estimate of drug-likeness (QED) is 0.0558. The van der Waals surface area contributed by atoms with Crippen LogP contribution in [0.15, 0.2) is 94.4 Å². The lowest BCUT2D eigenvalue weighted by molar-refractivity contribution is -0.561. The van der Waals surface area contributed by atoms with Crippen molar-refractivity contribution in [3.8, 4) is 22.9 Å². The summed E-state index contributed by atoms with van der Waals surface area (Å²) >= 11 is 3.41. The third-order valence-corrected chi connectivity index (χ3v) is 13.2. The lowest BCUT2D eigenvalue weighted by atomic mass is 9.75. The molecule has 59 heavy (non-hydrogen) atoms. The predicted octanol–water partition coefficient (Wildman–Crippen LogP) is 9.70. The standard InChI is InChI=1S/C43H44BrF2N5O7S/c1-26-12-15-31(16-13-26)59(55,56)50-21-18-32-36(50)25-35(46)38(37(32)44)58-30-14-17-34(45)33(24-30)39-47-41(48-49(39)6)43(5,20-9-19-42(3,4)51(53)54)29-11-8-10-28(23-29)22-27(2)40(52)57-7/h8,10-18,21,23-25,27H,9,19-20,22H2,1-7H3/t27-,43?/m0/s1. The number of carbonyl (C=O) groups excluding carboxylic acids is 1. The summed E-state index contributed by atoms with van der Waals surface area (Å²) in [4.78, 5) is 28.6. The molecular formula is C43H44BrF2N5O7S. The molecule has 0 aliphatic rings. The zero-order valence-electron chi connectivity index (χ0n) is 33.6. The molecule has 0 saturated carbocycles. The van der Waals surface area contributed by atoms with Crippen molar-refractivity contribution in [3.05, 3.63) is 134 Å². The van der Waals surface area contributed by atoms with Crippen molar-refractivity contribution in [2.45, 2.75) is 76.2 Å². The minimum Gasteiger partial charge on any atom is -0.469 e. The zero-order chi connectivity index (χ0) is 43.0. The summed E-state index contributed by atoms with van der Waals surface area (Å²) in [7, 11) is -1.10. The molecule has 6 aromatic rings.